The number of carbonyl (C=O) groups is 1. The molecule has 0 radical (unpaired) electrons. The fourth-order valence-electron chi connectivity index (χ4n) is 2.31. The summed E-state index contributed by atoms with van der Waals surface area (Å²) in [6, 6.07) is 1.49. The molecule has 0 unspecified atom stereocenters. The second-order valence-electron chi connectivity index (χ2n) is 4.92. The number of amides is 1. The van der Waals surface area contributed by atoms with Gasteiger partial charge in [0.2, 0.25) is 5.91 Å². The molecule has 2 N–H and O–H groups in total. The van der Waals surface area contributed by atoms with Crippen LogP contribution in [0, 0.1) is 5.92 Å². The standard InChI is InChI=1S/C13H20N4O3/c1-14-6-13(19)17-2-3-20-8-10(7-17)4-11-5-12(18)16-9-15-11/h5,9-10,14H,2-4,6-8H2,1H3,(H,15,16,18)/t10-/m1/s1. The highest BCUT2D eigenvalue weighted by Gasteiger charge is 2.22. The van der Waals surface area contributed by atoms with Gasteiger partial charge in [-0.2, -0.15) is 0 Å². The van der Waals surface area contributed by atoms with Crippen molar-refractivity contribution in [3.8, 4) is 0 Å². The Hall–Kier alpha value is -1.73. The zero-order chi connectivity index (χ0) is 14.4. The number of H-pyrrole nitrogens is 1. The van der Waals surface area contributed by atoms with Crippen molar-refractivity contribution in [2.45, 2.75) is 6.42 Å². The van der Waals surface area contributed by atoms with E-state index < -0.39 is 0 Å². The number of nitrogens with one attached hydrogen (secondary N) is 2. The third-order valence-corrected chi connectivity index (χ3v) is 3.25. The molecule has 1 amide bonds. The third kappa shape index (κ3) is 4.14. The van der Waals surface area contributed by atoms with Crippen LogP contribution in [-0.4, -0.2) is 60.7 Å². The zero-order valence-electron chi connectivity index (χ0n) is 11.6. The van der Waals surface area contributed by atoms with Crippen LogP contribution in [0.1, 0.15) is 5.69 Å². The van der Waals surface area contributed by atoms with E-state index in [9.17, 15) is 9.59 Å². The number of hydrogen-bond acceptors (Lipinski definition) is 5. The first kappa shape index (κ1) is 14.7. The van der Waals surface area contributed by atoms with Crippen molar-refractivity contribution in [1.82, 2.24) is 20.2 Å². The van der Waals surface area contributed by atoms with Crippen molar-refractivity contribution in [2.24, 2.45) is 5.92 Å². The number of likely N-dealkylation sites (N-methyl/N-ethyl adjacent to an activating group) is 1. The number of aromatic amines is 1. The molecular formula is C13H20N4O3. The lowest BCUT2D eigenvalue weighted by molar-refractivity contribution is -0.130. The lowest BCUT2D eigenvalue weighted by atomic mass is 10.0. The van der Waals surface area contributed by atoms with Gasteiger partial charge in [0.1, 0.15) is 0 Å². The minimum Gasteiger partial charge on any atom is -0.379 e. The molecule has 20 heavy (non-hydrogen) atoms. The summed E-state index contributed by atoms with van der Waals surface area (Å²) in [5, 5.41) is 2.87. The summed E-state index contributed by atoms with van der Waals surface area (Å²) in [6.45, 7) is 2.71. The van der Waals surface area contributed by atoms with E-state index in [-0.39, 0.29) is 17.4 Å². The molecular weight excluding hydrogens is 260 g/mol. The summed E-state index contributed by atoms with van der Waals surface area (Å²) in [5.74, 6) is 0.231. The molecule has 2 rings (SSSR count). The highest BCUT2D eigenvalue weighted by Crippen LogP contribution is 2.11. The Balaban J connectivity index is 1.99. The molecule has 1 aromatic heterocycles. The van der Waals surface area contributed by atoms with Crippen LogP contribution in [0.4, 0.5) is 0 Å². The summed E-state index contributed by atoms with van der Waals surface area (Å²) in [7, 11) is 1.75. The predicted molar refractivity (Wildman–Crippen MR) is 73.4 cm³/mol. The monoisotopic (exact) mass is 280 g/mol. The average molecular weight is 280 g/mol. The Labute approximate surface area is 117 Å². The van der Waals surface area contributed by atoms with Crippen LogP contribution in [0.15, 0.2) is 17.2 Å². The summed E-state index contributed by atoms with van der Waals surface area (Å²) in [4.78, 5) is 31.6. The molecule has 0 spiro atoms. The highest BCUT2D eigenvalue weighted by molar-refractivity contribution is 5.78. The largest absolute Gasteiger partial charge is 0.379 e. The Morgan fingerprint density at radius 3 is 3.25 bits per heavy atom. The van der Waals surface area contributed by atoms with E-state index in [0.717, 1.165) is 5.69 Å². The molecule has 0 saturated carbocycles. The first-order valence-electron chi connectivity index (χ1n) is 6.72. The molecule has 1 fully saturated rings. The van der Waals surface area contributed by atoms with E-state index >= 15 is 0 Å². The van der Waals surface area contributed by atoms with Crippen LogP contribution < -0.4 is 10.9 Å². The van der Waals surface area contributed by atoms with Gasteiger partial charge in [-0.3, -0.25) is 9.59 Å². The summed E-state index contributed by atoms with van der Waals surface area (Å²) >= 11 is 0. The van der Waals surface area contributed by atoms with Crippen LogP contribution in [0.25, 0.3) is 0 Å². The molecule has 7 heteroatoms. The van der Waals surface area contributed by atoms with Gasteiger partial charge in [0.25, 0.3) is 5.56 Å². The minimum atomic E-state index is -0.160. The number of rotatable bonds is 4. The van der Waals surface area contributed by atoms with Crippen LogP contribution in [0.5, 0.6) is 0 Å². The Kier molecular flexibility index (Phi) is 5.25. The first-order chi connectivity index (χ1) is 9.69. The number of nitrogens with zero attached hydrogens (tertiary/aromatic N) is 2. The molecule has 0 aliphatic carbocycles. The lowest BCUT2D eigenvalue weighted by Gasteiger charge is -2.23. The molecule has 1 saturated heterocycles. The van der Waals surface area contributed by atoms with Gasteiger partial charge in [-0.15, -0.1) is 0 Å². The van der Waals surface area contributed by atoms with Crippen LogP contribution in [-0.2, 0) is 16.0 Å². The van der Waals surface area contributed by atoms with Crippen LogP contribution >= 0.6 is 0 Å². The van der Waals surface area contributed by atoms with E-state index in [4.69, 9.17) is 4.74 Å². The molecule has 1 aliphatic rings. The lowest BCUT2D eigenvalue weighted by Crippen LogP contribution is -2.40. The second-order valence-corrected chi connectivity index (χ2v) is 4.92. The van der Waals surface area contributed by atoms with E-state index in [2.05, 4.69) is 15.3 Å². The van der Waals surface area contributed by atoms with Gasteiger partial charge in [-0.05, 0) is 13.5 Å². The van der Waals surface area contributed by atoms with Crippen molar-refractivity contribution in [3.05, 3.63) is 28.4 Å². The molecule has 2 heterocycles. The maximum Gasteiger partial charge on any atom is 0.250 e. The van der Waals surface area contributed by atoms with E-state index in [1.165, 1.54) is 12.4 Å². The zero-order valence-corrected chi connectivity index (χ0v) is 11.6. The molecule has 110 valence electrons. The fourth-order valence-corrected chi connectivity index (χ4v) is 2.31. The van der Waals surface area contributed by atoms with Crippen LogP contribution in [0.2, 0.25) is 0 Å². The second kappa shape index (κ2) is 7.16. The Morgan fingerprint density at radius 2 is 2.50 bits per heavy atom. The molecule has 7 nitrogen and oxygen atoms in total. The van der Waals surface area contributed by atoms with Crippen molar-refractivity contribution in [2.75, 3.05) is 39.9 Å². The summed E-state index contributed by atoms with van der Waals surface area (Å²) < 4.78 is 5.54. The van der Waals surface area contributed by atoms with Gasteiger partial charge in [-0.1, -0.05) is 0 Å². The van der Waals surface area contributed by atoms with E-state index in [0.29, 0.717) is 39.3 Å². The average Bonchev–Trinajstić information content (AvgIpc) is 2.65. The Bertz CT molecular complexity index is 502. The first-order valence-corrected chi connectivity index (χ1v) is 6.72. The summed E-state index contributed by atoms with van der Waals surface area (Å²) in [5.41, 5.74) is 0.568. The third-order valence-electron chi connectivity index (χ3n) is 3.25. The molecule has 0 bridgehead atoms. The SMILES string of the molecule is CNCC(=O)N1CCOC[C@H](Cc2cc(=O)[nH]cn2)C1. The van der Waals surface area contributed by atoms with Crippen molar-refractivity contribution in [1.29, 1.82) is 0 Å². The maximum absolute atomic E-state index is 11.9. The fraction of sp³-hybridized carbons (Fsp3) is 0.615. The van der Waals surface area contributed by atoms with Crippen LogP contribution in [0.3, 0.4) is 0 Å². The predicted octanol–water partition coefficient (Wildman–Crippen LogP) is -0.993. The number of aromatic nitrogens is 2. The van der Waals surface area contributed by atoms with Crippen molar-refractivity contribution in [3.63, 3.8) is 0 Å². The van der Waals surface area contributed by atoms with Gasteiger partial charge < -0.3 is 19.9 Å². The molecule has 1 aliphatic heterocycles. The molecule has 1 atom stereocenters. The number of hydrogen-bond donors (Lipinski definition) is 2. The van der Waals surface area contributed by atoms with E-state index in [1.807, 2.05) is 0 Å². The molecule has 1 aromatic rings. The van der Waals surface area contributed by atoms with Crippen molar-refractivity contribution >= 4 is 5.91 Å². The minimum absolute atomic E-state index is 0.0712. The quantitative estimate of drug-likeness (QED) is 0.739. The molecule has 0 aromatic carbocycles. The van der Waals surface area contributed by atoms with Gasteiger partial charge >= 0.3 is 0 Å². The Morgan fingerprint density at radius 1 is 1.65 bits per heavy atom. The van der Waals surface area contributed by atoms with Crippen molar-refractivity contribution < 1.29 is 9.53 Å². The highest BCUT2D eigenvalue weighted by atomic mass is 16.5. The van der Waals surface area contributed by atoms with Gasteiger partial charge in [0, 0.05) is 30.8 Å². The number of ether oxygens (including phenoxy) is 1. The van der Waals surface area contributed by atoms with E-state index in [1.54, 1.807) is 11.9 Å². The normalized spacial score (nSPS) is 19.6. The van der Waals surface area contributed by atoms with Gasteiger partial charge in [-0.25, -0.2) is 4.98 Å². The summed E-state index contributed by atoms with van der Waals surface area (Å²) in [6.07, 6.45) is 2.03. The van der Waals surface area contributed by atoms with Gasteiger partial charge in [0.15, 0.2) is 0 Å². The number of carbonyl (C=O) groups excluding carboxylic acids is 1. The maximum atomic E-state index is 11.9. The van der Waals surface area contributed by atoms with Gasteiger partial charge in [0.05, 0.1) is 26.1 Å². The topological polar surface area (TPSA) is 87.3 Å². The smallest absolute Gasteiger partial charge is 0.250 e.